The number of rotatable bonds is 1. The Labute approximate surface area is 198 Å². The van der Waals surface area contributed by atoms with Gasteiger partial charge in [0, 0.05) is 31.3 Å². The van der Waals surface area contributed by atoms with E-state index in [4.69, 9.17) is 11.6 Å². The molecular weight excluding hydrogens is 566 g/mol. The molecule has 1 aliphatic carbocycles. The van der Waals surface area contributed by atoms with Crippen molar-refractivity contribution in [1.82, 2.24) is 4.98 Å². The van der Waals surface area contributed by atoms with E-state index in [0.717, 1.165) is 16.3 Å². The van der Waals surface area contributed by atoms with Crippen LogP contribution in [-0.4, -0.2) is 4.98 Å². The van der Waals surface area contributed by atoms with Crippen molar-refractivity contribution < 1.29 is 20.1 Å². The number of fused-ring (bicyclic) bond motifs is 1. The number of benzene rings is 3. The average molecular weight is 591 g/mol. The molecule has 30 heavy (non-hydrogen) atoms. The number of hydrogen-bond acceptors (Lipinski definition) is 1. The van der Waals surface area contributed by atoms with Gasteiger partial charge in [-0.15, -0.1) is 35.9 Å². The Balaban J connectivity index is 0.000000163. The Morgan fingerprint density at radius 2 is 1.27 bits per heavy atom. The second-order valence-electron chi connectivity index (χ2n) is 6.76. The van der Waals surface area contributed by atoms with E-state index < -0.39 is 0 Å². The summed E-state index contributed by atoms with van der Waals surface area (Å²) in [5, 5.41) is 0.794. The molecule has 1 radical (unpaired) electrons. The van der Waals surface area contributed by atoms with Crippen LogP contribution in [0.15, 0.2) is 103 Å². The van der Waals surface area contributed by atoms with Crippen LogP contribution in [0.3, 0.4) is 0 Å². The molecule has 0 fully saturated rings. The Morgan fingerprint density at radius 3 is 1.77 bits per heavy atom. The molecule has 0 amide bonds. The minimum absolute atomic E-state index is 0. The van der Waals surface area contributed by atoms with E-state index in [2.05, 4.69) is 35.3 Å². The van der Waals surface area contributed by atoms with E-state index >= 15 is 0 Å². The Kier molecular flexibility index (Phi) is 11.1. The molecule has 1 heterocycles. The van der Waals surface area contributed by atoms with Gasteiger partial charge in [-0.3, -0.25) is 0 Å². The van der Waals surface area contributed by atoms with Crippen molar-refractivity contribution in [2.24, 2.45) is 0 Å². The van der Waals surface area contributed by atoms with Crippen LogP contribution >= 0.6 is 11.6 Å². The summed E-state index contributed by atoms with van der Waals surface area (Å²) in [4.78, 5) is 4.22. The number of pyridine rings is 1. The van der Waals surface area contributed by atoms with Gasteiger partial charge >= 0.3 is 0 Å². The minimum atomic E-state index is 0. The van der Waals surface area contributed by atoms with Gasteiger partial charge in [-0.1, -0.05) is 66.2 Å². The first-order valence-electron chi connectivity index (χ1n) is 9.98. The fourth-order valence-corrected chi connectivity index (χ4v) is 3.31. The van der Waals surface area contributed by atoms with E-state index in [1.165, 1.54) is 25.7 Å². The fourth-order valence-electron chi connectivity index (χ4n) is 3.17. The standard InChI is InChI=1S/C11H8N.C10H12.C6H5Cl.Ir/c1-2-6-10(7-3-1)11-8-4-5-9-12-11;1-2-6-10-8-4-3-7-9(10)5-1;7-6-4-2-1-3-5-6;/h1-6,8-9H;1-2,5-6H,3-4,7-8H2;1-5H;/q-1;;;. The first-order valence-corrected chi connectivity index (χ1v) is 10.4. The number of hydrogen-bond donors (Lipinski definition) is 0. The predicted octanol–water partition coefficient (Wildman–Crippen LogP) is 7.45. The molecule has 4 aromatic rings. The molecule has 0 N–H and O–H groups in total. The summed E-state index contributed by atoms with van der Waals surface area (Å²) in [6, 6.07) is 35.1. The quantitative estimate of drug-likeness (QED) is 0.210. The molecule has 5 rings (SSSR count). The van der Waals surface area contributed by atoms with Crippen LogP contribution in [0.5, 0.6) is 0 Å². The van der Waals surface area contributed by atoms with Crippen molar-refractivity contribution in [2.75, 3.05) is 0 Å². The molecule has 0 aliphatic heterocycles. The molecule has 0 saturated heterocycles. The van der Waals surface area contributed by atoms with E-state index in [1.54, 1.807) is 17.3 Å². The molecule has 0 unspecified atom stereocenters. The van der Waals surface area contributed by atoms with Gasteiger partial charge in [-0.2, -0.15) is 0 Å². The zero-order chi connectivity index (χ0) is 20.2. The zero-order valence-electron chi connectivity index (χ0n) is 16.8. The molecule has 0 atom stereocenters. The summed E-state index contributed by atoms with van der Waals surface area (Å²) in [6.45, 7) is 0. The summed E-state index contributed by atoms with van der Waals surface area (Å²) in [6.07, 6.45) is 7.16. The normalized spacial score (nSPS) is 11.4. The molecule has 1 nitrogen and oxygen atoms in total. The fraction of sp³-hybridized carbons (Fsp3) is 0.148. The van der Waals surface area contributed by atoms with Crippen LogP contribution < -0.4 is 0 Å². The monoisotopic (exact) mass is 591 g/mol. The maximum atomic E-state index is 5.54. The van der Waals surface area contributed by atoms with Gasteiger partial charge in [0.05, 0.1) is 0 Å². The van der Waals surface area contributed by atoms with Crippen molar-refractivity contribution in [3.8, 4) is 11.3 Å². The predicted molar refractivity (Wildman–Crippen MR) is 123 cm³/mol. The van der Waals surface area contributed by atoms with Gasteiger partial charge in [-0.05, 0) is 60.7 Å². The maximum absolute atomic E-state index is 5.54. The van der Waals surface area contributed by atoms with Crippen LogP contribution in [0.25, 0.3) is 11.3 Å². The maximum Gasteiger partial charge on any atom is 0.0405 e. The van der Waals surface area contributed by atoms with E-state index in [0.29, 0.717) is 0 Å². The minimum Gasteiger partial charge on any atom is -0.305 e. The smallest absolute Gasteiger partial charge is 0.0405 e. The van der Waals surface area contributed by atoms with E-state index in [9.17, 15) is 0 Å². The summed E-state index contributed by atoms with van der Waals surface area (Å²) in [5.41, 5.74) is 5.17. The van der Waals surface area contributed by atoms with Crippen molar-refractivity contribution in [1.29, 1.82) is 0 Å². The van der Waals surface area contributed by atoms with E-state index in [1.807, 2.05) is 72.8 Å². The Bertz CT molecular complexity index is 897. The zero-order valence-corrected chi connectivity index (χ0v) is 20.0. The van der Waals surface area contributed by atoms with Crippen molar-refractivity contribution in [3.05, 3.63) is 125 Å². The summed E-state index contributed by atoms with van der Waals surface area (Å²) in [5.74, 6) is 0. The van der Waals surface area contributed by atoms with Gasteiger partial charge in [0.2, 0.25) is 0 Å². The second-order valence-corrected chi connectivity index (χ2v) is 7.20. The summed E-state index contributed by atoms with van der Waals surface area (Å²) in [7, 11) is 0. The number of aryl methyl sites for hydroxylation is 2. The van der Waals surface area contributed by atoms with Gasteiger partial charge in [0.15, 0.2) is 0 Å². The van der Waals surface area contributed by atoms with Crippen LogP contribution in [0.4, 0.5) is 0 Å². The van der Waals surface area contributed by atoms with Crippen LogP contribution in [0, 0.1) is 6.07 Å². The van der Waals surface area contributed by atoms with Crippen LogP contribution in [0.1, 0.15) is 24.0 Å². The Hall–Kier alpha value is -2.25. The van der Waals surface area contributed by atoms with Crippen LogP contribution in [-0.2, 0) is 32.9 Å². The number of nitrogens with zero attached hydrogens (tertiary/aromatic N) is 1. The molecule has 1 aromatic heterocycles. The summed E-state index contributed by atoms with van der Waals surface area (Å²) >= 11 is 5.54. The molecule has 3 aromatic carbocycles. The van der Waals surface area contributed by atoms with Gasteiger partial charge < -0.3 is 4.98 Å². The molecule has 0 saturated carbocycles. The van der Waals surface area contributed by atoms with Crippen LogP contribution in [0.2, 0.25) is 5.02 Å². The molecule has 0 bridgehead atoms. The van der Waals surface area contributed by atoms with Gasteiger partial charge in [-0.25, -0.2) is 0 Å². The third-order valence-electron chi connectivity index (χ3n) is 4.64. The number of halogens is 1. The van der Waals surface area contributed by atoms with Crippen molar-refractivity contribution in [3.63, 3.8) is 0 Å². The molecule has 3 heteroatoms. The van der Waals surface area contributed by atoms with Crippen molar-refractivity contribution >= 4 is 11.6 Å². The topological polar surface area (TPSA) is 12.9 Å². The second kappa shape index (κ2) is 13.9. The SMILES string of the molecule is Clc1ccccc1.[Ir].[c-]1ccccc1-c1ccccn1.c1ccc2c(c1)CCCC2. The molecule has 155 valence electrons. The molecule has 0 spiro atoms. The largest absolute Gasteiger partial charge is 0.305 e. The summed E-state index contributed by atoms with van der Waals surface area (Å²) < 4.78 is 0. The third kappa shape index (κ3) is 8.24. The van der Waals surface area contributed by atoms with Gasteiger partial charge in [0.25, 0.3) is 0 Å². The molecular formula is C27H25ClIrN-. The Morgan fingerprint density at radius 1 is 0.667 bits per heavy atom. The van der Waals surface area contributed by atoms with Gasteiger partial charge in [0.1, 0.15) is 0 Å². The average Bonchev–Trinajstić information content (AvgIpc) is 2.82. The third-order valence-corrected chi connectivity index (χ3v) is 4.90. The van der Waals surface area contributed by atoms with Crippen molar-refractivity contribution in [2.45, 2.75) is 25.7 Å². The first kappa shape index (κ1) is 24.0. The number of aromatic nitrogens is 1. The molecule has 1 aliphatic rings. The first-order chi connectivity index (χ1) is 14.3. The van der Waals surface area contributed by atoms with E-state index in [-0.39, 0.29) is 20.1 Å².